The maximum absolute atomic E-state index is 13.8. The van der Waals surface area contributed by atoms with Crippen molar-refractivity contribution in [3.05, 3.63) is 111 Å². The van der Waals surface area contributed by atoms with E-state index in [-0.39, 0.29) is 17.2 Å². The summed E-state index contributed by atoms with van der Waals surface area (Å²) >= 11 is 6.59. The molecular weight excluding hydrogens is 539 g/mol. The van der Waals surface area contributed by atoms with Crippen LogP contribution in [0.5, 0.6) is 0 Å². The van der Waals surface area contributed by atoms with Crippen molar-refractivity contribution in [3.63, 3.8) is 0 Å². The molecule has 3 aromatic heterocycles. The Balaban J connectivity index is 1.42. The molecule has 0 fully saturated rings. The molecule has 10 heteroatoms. The lowest BCUT2D eigenvalue weighted by molar-refractivity contribution is -0.137. The second kappa shape index (κ2) is 9.59. The molecule has 5 aromatic rings. The maximum Gasteiger partial charge on any atom is 0.416 e. The third-order valence-corrected chi connectivity index (χ3v) is 8.06. The van der Waals surface area contributed by atoms with Crippen LogP contribution in [0.4, 0.5) is 13.2 Å². The van der Waals surface area contributed by atoms with Crippen LogP contribution in [0, 0.1) is 13.8 Å². The lowest BCUT2D eigenvalue weighted by Crippen LogP contribution is -2.36. The summed E-state index contributed by atoms with van der Waals surface area (Å²) < 4.78 is 44.6. The molecule has 2 aromatic carbocycles. The number of ketones is 1. The number of aromatic nitrogens is 5. The molecule has 0 saturated heterocycles. The fourth-order valence-corrected chi connectivity index (χ4v) is 5.98. The highest BCUT2D eigenvalue weighted by molar-refractivity contribution is 6.34. The molecule has 6 nitrogen and oxygen atoms in total. The van der Waals surface area contributed by atoms with Crippen LogP contribution in [0.25, 0.3) is 11.2 Å². The Bertz CT molecular complexity index is 1770. The second-order valence-corrected chi connectivity index (χ2v) is 10.9. The summed E-state index contributed by atoms with van der Waals surface area (Å²) in [6.45, 7) is 3.74. The molecule has 0 N–H and O–H groups in total. The maximum atomic E-state index is 13.8. The van der Waals surface area contributed by atoms with Gasteiger partial charge in [-0.2, -0.15) is 23.4 Å². The number of Topliss-reactive ketones (excluding diaryl/α,β-unsaturated/α-hetero) is 1. The molecular formula is C30H25ClF3N5O. The van der Waals surface area contributed by atoms with Crippen LogP contribution in [0.1, 0.15) is 57.0 Å². The number of pyridine rings is 1. The molecule has 1 aliphatic carbocycles. The number of carbonyl (C=O) groups excluding carboxylic acids is 1. The molecule has 204 valence electrons. The van der Waals surface area contributed by atoms with Gasteiger partial charge in [0.05, 0.1) is 27.5 Å². The Hall–Kier alpha value is -3.98. The highest BCUT2D eigenvalue weighted by atomic mass is 35.5. The number of nitrogens with zero attached hydrogens (tertiary/aromatic N) is 5. The van der Waals surface area contributed by atoms with Crippen molar-refractivity contribution in [3.8, 4) is 5.69 Å². The molecule has 0 amide bonds. The average molecular weight is 564 g/mol. The van der Waals surface area contributed by atoms with Crippen LogP contribution in [-0.2, 0) is 24.4 Å². The van der Waals surface area contributed by atoms with Gasteiger partial charge in [-0.1, -0.05) is 35.9 Å². The molecule has 1 atom stereocenters. The van der Waals surface area contributed by atoms with Gasteiger partial charge in [0.15, 0.2) is 5.78 Å². The quantitative estimate of drug-likeness (QED) is 0.218. The van der Waals surface area contributed by atoms with E-state index < -0.39 is 17.2 Å². The molecule has 0 radical (unpaired) electrons. The van der Waals surface area contributed by atoms with Crippen LogP contribution in [0.2, 0.25) is 5.02 Å². The number of aryl methyl sites for hydroxylation is 3. The first kappa shape index (κ1) is 26.3. The SMILES string of the molecule is Cc1ccc2c3c(nn2c1)CCC(CC(=O)c1ccc(-n2cnc(C)n2)cc1Cl)(c1cccc(C(F)(F)F)c1)C3. The van der Waals surface area contributed by atoms with Crippen molar-refractivity contribution >= 4 is 22.9 Å². The first-order valence-electron chi connectivity index (χ1n) is 12.9. The van der Waals surface area contributed by atoms with E-state index in [1.54, 1.807) is 42.2 Å². The first-order valence-corrected chi connectivity index (χ1v) is 13.3. The summed E-state index contributed by atoms with van der Waals surface area (Å²) in [5.41, 5.74) is 3.66. The number of fused-ring (bicyclic) bond motifs is 3. The van der Waals surface area contributed by atoms with Gasteiger partial charge in [-0.05, 0) is 74.6 Å². The summed E-state index contributed by atoms with van der Waals surface area (Å²) in [6.07, 6.45) is 0.392. The Kier molecular flexibility index (Phi) is 6.29. The Morgan fingerprint density at radius 2 is 1.90 bits per heavy atom. The van der Waals surface area contributed by atoms with Crippen LogP contribution in [0.3, 0.4) is 0 Å². The van der Waals surface area contributed by atoms with E-state index in [0.717, 1.165) is 28.4 Å². The third kappa shape index (κ3) is 4.68. The molecule has 6 rings (SSSR count). The van der Waals surface area contributed by atoms with E-state index in [0.29, 0.717) is 41.9 Å². The van der Waals surface area contributed by atoms with Gasteiger partial charge in [-0.15, -0.1) is 0 Å². The van der Waals surface area contributed by atoms with Gasteiger partial charge in [0.2, 0.25) is 0 Å². The minimum absolute atomic E-state index is 0.00154. The molecule has 0 saturated carbocycles. The summed E-state index contributed by atoms with van der Waals surface area (Å²) in [5, 5.41) is 9.26. The van der Waals surface area contributed by atoms with Crippen LogP contribution in [-0.4, -0.2) is 30.2 Å². The van der Waals surface area contributed by atoms with E-state index in [9.17, 15) is 18.0 Å². The summed E-state index contributed by atoms with van der Waals surface area (Å²) in [7, 11) is 0. The minimum Gasteiger partial charge on any atom is -0.294 e. The summed E-state index contributed by atoms with van der Waals surface area (Å²) in [5.74, 6) is 0.360. The number of hydrogen-bond donors (Lipinski definition) is 0. The Labute approximate surface area is 233 Å². The first-order chi connectivity index (χ1) is 19.0. The zero-order chi connectivity index (χ0) is 28.2. The molecule has 1 aliphatic rings. The topological polar surface area (TPSA) is 65.1 Å². The summed E-state index contributed by atoms with van der Waals surface area (Å²) in [4.78, 5) is 18.0. The zero-order valence-electron chi connectivity index (χ0n) is 21.8. The Morgan fingerprint density at radius 3 is 2.62 bits per heavy atom. The monoisotopic (exact) mass is 563 g/mol. The molecule has 40 heavy (non-hydrogen) atoms. The van der Waals surface area contributed by atoms with Crippen LogP contribution < -0.4 is 0 Å². The van der Waals surface area contributed by atoms with E-state index in [1.165, 1.54) is 12.1 Å². The summed E-state index contributed by atoms with van der Waals surface area (Å²) in [6, 6.07) is 14.3. The predicted octanol–water partition coefficient (Wildman–Crippen LogP) is 6.90. The van der Waals surface area contributed by atoms with Crippen molar-refractivity contribution in [1.29, 1.82) is 0 Å². The Morgan fingerprint density at radius 1 is 1.07 bits per heavy atom. The van der Waals surface area contributed by atoms with Gasteiger partial charge in [0.1, 0.15) is 12.2 Å². The van der Waals surface area contributed by atoms with Gasteiger partial charge in [0.25, 0.3) is 0 Å². The highest BCUT2D eigenvalue weighted by Gasteiger charge is 2.42. The van der Waals surface area contributed by atoms with Crippen molar-refractivity contribution in [2.45, 2.75) is 51.1 Å². The number of alkyl halides is 3. The van der Waals surface area contributed by atoms with Gasteiger partial charge in [0, 0.05) is 29.2 Å². The number of carbonyl (C=O) groups is 1. The number of hydrogen-bond acceptors (Lipinski definition) is 4. The van der Waals surface area contributed by atoms with Gasteiger partial charge in [-0.3, -0.25) is 4.79 Å². The predicted molar refractivity (Wildman–Crippen MR) is 145 cm³/mol. The second-order valence-electron chi connectivity index (χ2n) is 10.5. The van der Waals surface area contributed by atoms with Crippen molar-refractivity contribution in [2.24, 2.45) is 0 Å². The average Bonchev–Trinajstić information content (AvgIpc) is 3.50. The number of rotatable bonds is 5. The fraction of sp³-hybridized carbons (Fsp3) is 0.267. The van der Waals surface area contributed by atoms with Gasteiger partial charge >= 0.3 is 6.18 Å². The normalized spacial score (nSPS) is 17.2. The van der Waals surface area contributed by atoms with E-state index >= 15 is 0 Å². The number of halogens is 4. The minimum atomic E-state index is -4.50. The third-order valence-electron chi connectivity index (χ3n) is 7.74. The molecule has 0 aliphatic heterocycles. The van der Waals surface area contributed by atoms with Crippen molar-refractivity contribution < 1.29 is 18.0 Å². The van der Waals surface area contributed by atoms with Crippen molar-refractivity contribution in [1.82, 2.24) is 24.4 Å². The standard InChI is InChI=1S/C30H25ClF3N5O/c1-18-6-9-27-24-14-29(11-10-26(24)37-38(27)16-18,20-4-3-5-21(12-20)30(32,33)34)15-28(40)23-8-7-22(13-25(23)31)39-17-35-19(2)36-39/h3-9,12-13,16-17H,10-11,14-15H2,1-2H3. The lowest BCUT2D eigenvalue weighted by Gasteiger charge is -2.37. The highest BCUT2D eigenvalue weighted by Crippen LogP contribution is 2.45. The molecule has 1 unspecified atom stereocenters. The van der Waals surface area contributed by atoms with E-state index in [1.807, 2.05) is 29.8 Å². The molecule has 3 heterocycles. The van der Waals surface area contributed by atoms with Gasteiger partial charge < -0.3 is 0 Å². The molecule has 0 bridgehead atoms. The molecule has 0 spiro atoms. The fourth-order valence-electron chi connectivity index (χ4n) is 5.70. The number of benzene rings is 2. The van der Waals surface area contributed by atoms with Crippen LogP contribution in [0.15, 0.2) is 67.1 Å². The van der Waals surface area contributed by atoms with Crippen LogP contribution >= 0.6 is 11.6 Å². The van der Waals surface area contributed by atoms with Gasteiger partial charge in [-0.25, -0.2) is 14.2 Å². The zero-order valence-corrected chi connectivity index (χ0v) is 22.6. The van der Waals surface area contributed by atoms with Crippen molar-refractivity contribution in [2.75, 3.05) is 0 Å². The van der Waals surface area contributed by atoms with E-state index in [2.05, 4.69) is 10.1 Å². The smallest absolute Gasteiger partial charge is 0.294 e. The largest absolute Gasteiger partial charge is 0.416 e. The van der Waals surface area contributed by atoms with E-state index in [4.69, 9.17) is 16.7 Å². The lowest BCUT2D eigenvalue weighted by atomic mass is 9.65.